The van der Waals surface area contributed by atoms with Crippen molar-refractivity contribution in [3.63, 3.8) is 0 Å². The van der Waals surface area contributed by atoms with Gasteiger partial charge in [-0.3, -0.25) is 10.1 Å². The lowest BCUT2D eigenvalue weighted by molar-refractivity contribution is -0.105. The van der Waals surface area contributed by atoms with Crippen LogP contribution in [0.2, 0.25) is 0 Å². The lowest BCUT2D eigenvalue weighted by Gasteiger charge is -1.87. The van der Waals surface area contributed by atoms with Crippen molar-refractivity contribution in [2.24, 2.45) is 0 Å². The summed E-state index contributed by atoms with van der Waals surface area (Å²) >= 11 is 0. The molecule has 2 aromatic heterocycles. The van der Waals surface area contributed by atoms with E-state index in [2.05, 4.69) is 25.3 Å². The molecule has 0 unspecified atom stereocenters. The highest BCUT2D eigenvalue weighted by Gasteiger charge is 2.03. The summed E-state index contributed by atoms with van der Waals surface area (Å²) in [6.45, 7) is 0. The zero-order valence-electron chi connectivity index (χ0n) is 6.98. The molecule has 0 aliphatic rings. The lowest BCUT2D eigenvalue weighted by atomic mass is 10.6. The third-order valence-corrected chi connectivity index (χ3v) is 1.45. The Morgan fingerprint density at radius 2 is 2.29 bits per heavy atom. The number of amides is 1. The third-order valence-electron chi connectivity index (χ3n) is 1.45. The average Bonchev–Trinajstić information content (AvgIpc) is 2.46. The fourth-order valence-electron chi connectivity index (χ4n) is 0.945. The molecule has 2 aromatic rings. The first-order chi connectivity index (χ1) is 6.29. The summed E-state index contributed by atoms with van der Waals surface area (Å²) in [4.78, 5) is 24.4. The van der Waals surface area contributed by atoms with Crippen LogP contribution in [-0.4, -0.2) is 31.8 Å². The molecule has 0 aromatic carbocycles. The quantitative estimate of drug-likeness (QED) is 0.510. The SMILES string of the molecule is Nc1ncc2[nH]c(NC=O)nc2n1.O. The van der Waals surface area contributed by atoms with E-state index in [0.29, 0.717) is 23.5 Å². The molecule has 0 radical (unpaired) electrons. The molecule has 0 atom stereocenters. The van der Waals surface area contributed by atoms with Crippen molar-refractivity contribution >= 4 is 29.5 Å². The van der Waals surface area contributed by atoms with Crippen LogP contribution in [0, 0.1) is 0 Å². The number of carbonyl (C=O) groups excluding carboxylic acids is 1. The summed E-state index contributed by atoms with van der Waals surface area (Å²) in [6, 6.07) is 0. The number of nitrogens with one attached hydrogen (secondary N) is 2. The molecule has 0 saturated carbocycles. The zero-order valence-corrected chi connectivity index (χ0v) is 6.98. The van der Waals surface area contributed by atoms with Crippen molar-refractivity contribution in [3.8, 4) is 0 Å². The van der Waals surface area contributed by atoms with E-state index >= 15 is 0 Å². The molecule has 8 heteroatoms. The van der Waals surface area contributed by atoms with E-state index < -0.39 is 0 Å². The maximum atomic E-state index is 10.1. The predicted molar refractivity (Wildman–Crippen MR) is 49.4 cm³/mol. The number of hydrogen-bond donors (Lipinski definition) is 3. The van der Waals surface area contributed by atoms with Gasteiger partial charge in [0.25, 0.3) is 0 Å². The van der Waals surface area contributed by atoms with Gasteiger partial charge < -0.3 is 16.2 Å². The number of anilines is 2. The lowest BCUT2D eigenvalue weighted by Crippen LogP contribution is -1.94. The van der Waals surface area contributed by atoms with Crippen molar-refractivity contribution in [2.45, 2.75) is 0 Å². The Bertz CT molecular complexity index is 453. The Morgan fingerprint density at radius 1 is 1.50 bits per heavy atom. The summed E-state index contributed by atoms with van der Waals surface area (Å²) in [7, 11) is 0. The van der Waals surface area contributed by atoms with Crippen LogP contribution in [0.15, 0.2) is 6.20 Å². The fourth-order valence-corrected chi connectivity index (χ4v) is 0.945. The first kappa shape index (κ1) is 9.86. The molecule has 0 bridgehead atoms. The van der Waals surface area contributed by atoms with Gasteiger partial charge in [0.1, 0.15) is 5.52 Å². The highest BCUT2D eigenvalue weighted by molar-refractivity contribution is 5.77. The Balaban J connectivity index is 0.000000980. The van der Waals surface area contributed by atoms with E-state index in [1.165, 1.54) is 6.20 Å². The molecule has 1 amide bonds. The summed E-state index contributed by atoms with van der Waals surface area (Å²) in [6.07, 6.45) is 2.02. The summed E-state index contributed by atoms with van der Waals surface area (Å²) in [5.74, 6) is 0.474. The monoisotopic (exact) mass is 196 g/mol. The second kappa shape index (κ2) is 3.66. The molecular weight excluding hydrogens is 188 g/mol. The number of imidazole rings is 1. The molecular formula is C6H8N6O2. The number of H-pyrrole nitrogens is 1. The smallest absolute Gasteiger partial charge is 0.222 e. The number of carbonyl (C=O) groups is 1. The normalized spacial score (nSPS) is 9.43. The van der Waals surface area contributed by atoms with E-state index in [9.17, 15) is 4.79 Å². The topological polar surface area (TPSA) is 141 Å². The summed E-state index contributed by atoms with van der Waals surface area (Å²) in [5.41, 5.74) is 6.39. The van der Waals surface area contributed by atoms with Gasteiger partial charge in [-0.1, -0.05) is 0 Å². The molecule has 14 heavy (non-hydrogen) atoms. The Kier molecular flexibility index (Phi) is 2.58. The van der Waals surface area contributed by atoms with Crippen LogP contribution in [0.5, 0.6) is 0 Å². The van der Waals surface area contributed by atoms with Gasteiger partial charge in [0.05, 0.1) is 6.20 Å². The number of nitrogens with zero attached hydrogens (tertiary/aromatic N) is 3. The van der Waals surface area contributed by atoms with Gasteiger partial charge in [0.2, 0.25) is 18.3 Å². The van der Waals surface area contributed by atoms with Gasteiger partial charge in [0, 0.05) is 0 Å². The zero-order chi connectivity index (χ0) is 9.26. The van der Waals surface area contributed by atoms with Crippen molar-refractivity contribution < 1.29 is 10.3 Å². The van der Waals surface area contributed by atoms with Crippen LogP contribution >= 0.6 is 0 Å². The standard InChI is InChI=1S/C6H6N6O.H2O/c7-5-8-1-3-4(11-5)12-6(10-3)9-2-13;/h1-2H,(H4,7,8,9,10,11,12,13);1H2. The molecule has 0 saturated heterocycles. The number of rotatable bonds is 2. The maximum Gasteiger partial charge on any atom is 0.222 e. The van der Waals surface area contributed by atoms with Crippen molar-refractivity contribution in [3.05, 3.63) is 6.20 Å². The molecule has 8 nitrogen and oxygen atoms in total. The van der Waals surface area contributed by atoms with Crippen LogP contribution in [0.3, 0.4) is 0 Å². The minimum Gasteiger partial charge on any atom is -0.412 e. The number of aromatic amines is 1. The Hall–Kier alpha value is -2.22. The van der Waals surface area contributed by atoms with Gasteiger partial charge in [-0.25, -0.2) is 4.98 Å². The minimum atomic E-state index is 0. The number of nitrogen functional groups attached to an aromatic ring is 1. The molecule has 2 rings (SSSR count). The van der Waals surface area contributed by atoms with Gasteiger partial charge in [-0.2, -0.15) is 9.97 Å². The number of hydrogen-bond acceptors (Lipinski definition) is 5. The number of aromatic nitrogens is 4. The van der Waals surface area contributed by atoms with Crippen molar-refractivity contribution in [2.75, 3.05) is 11.1 Å². The second-order valence-electron chi connectivity index (χ2n) is 2.31. The van der Waals surface area contributed by atoms with Crippen LogP contribution in [0.1, 0.15) is 0 Å². The molecule has 6 N–H and O–H groups in total. The average molecular weight is 196 g/mol. The largest absolute Gasteiger partial charge is 0.412 e. The molecule has 2 heterocycles. The number of nitrogens with two attached hydrogens (primary N) is 1. The molecule has 0 fully saturated rings. The minimum absolute atomic E-state index is 0. The second-order valence-corrected chi connectivity index (χ2v) is 2.31. The van der Waals surface area contributed by atoms with Gasteiger partial charge in [0.15, 0.2) is 5.65 Å². The van der Waals surface area contributed by atoms with E-state index in [1.807, 2.05) is 0 Å². The van der Waals surface area contributed by atoms with E-state index in [-0.39, 0.29) is 11.4 Å². The maximum absolute atomic E-state index is 10.1. The first-order valence-corrected chi connectivity index (χ1v) is 3.48. The predicted octanol–water partition coefficient (Wildman–Crippen LogP) is -1.32. The van der Waals surface area contributed by atoms with Gasteiger partial charge >= 0.3 is 0 Å². The Morgan fingerprint density at radius 3 is 3.00 bits per heavy atom. The van der Waals surface area contributed by atoms with Gasteiger partial charge in [-0.05, 0) is 0 Å². The van der Waals surface area contributed by atoms with Gasteiger partial charge in [-0.15, -0.1) is 0 Å². The van der Waals surface area contributed by atoms with Crippen LogP contribution in [-0.2, 0) is 4.79 Å². The molecule has 0 spiro atoms. The molecule has 74 valence electrons. The number of fused-ring (bicyclic) bond motifs is 1. The van der Waals surface area contributed by atoms with Crippen molar-refractivity contribution in [1.82, 2.24) is 19.9 Å². The summed E-state index contributed by atoms with van der Waals surface area (Å²) in [5, 5.41) is 2.36. The van der Waals surface area contributed by atoms with E-state index in [1.54, 1.807) is 0 Å². The van der Waals surface area contributed by atoms with E-state index in [4.69, 9.17) is 5.73 Å². The first-order valence-electron chi connectivity index (χ1n) is 3.48. The highest BCUT2D eigenvalue weighted by atomic mass is 16.1. The van der Waals surface area contributed by atoms with Crippen molar-refractivity contribution in [1.29, 1.82) is 0 Å². The van der Waals surface area contributed by atoms with E-state index in [0.717, 1.165) is 0 Å². The summed E-state index contributed by atoms with van der Waals surface area (Å²) < 4.78 is 0. The molecule has 0 aliphatic carbocycles. The highest BCUT2D eigenvalue weighted by Crippen LogP contribution is 2.10. The van der Waals surface area contributed by atoms with Crippen LogP contribution < -0.4 is 11.1 Å². The Labute approximate surface area is 77.9 Å². The fraction of sp³-hybridized carbons (Fsp3) is 0. The third kappa shape index (κ3) is 1.59. The van der Waals surface area contributed by atoms with Crippen LogP contribution in [0.4, 0.5) is 11.9 Å². The van der Waals surface area contributed by atoms with Crippen LogP contribution in [0.25, 0.3) is 11.2 Å². The molecule has 0 aliphatic heterocycles.